The molecule has 2 heteroatoms. The average Bonchev–Trinajstić information content (AvgIpc) is 3.14. The molecule has 0 radical (unpaired) electrons. The van der Waals surface area contributed by atoms with Crippen LogP contribution in [0.5, 0.6) is 0 Å². The summed E-state index contributed by atoms with van der Waals surface area (Å²) < 4.78 is 0. The number of quaternary nitrogens is 1. The first-order chi connectivity index (χ1) is 8.29. The average molecular weight is 234 g/mol. The fourth-order valence-corrected chi connectivity index (χ4v) is 2.44. The summed E-state index contributed by atoms with van der Waals surface area (Å²) in [4.78, 5) is 1.56. The van der Waals surface area contributed by atoms with E-state index in [0.29, 0.717) is 0 Å². The van der Waals surface area contributed by atoms with Crippen molar-refractivity contribution in [3.05, 3.63) is 35.9 Å². The quantitative estimate of drug-likeness (QED) is 0.733. The van der Waals surface area contributed by atoms with Crippen LogP contribution >= 0.6 is 0 Å². The van der Waals surface area contributed by atoms with Gasteiger partial charge in [0.15, 0.2) is 0 Å². The van der Waals surface area contributed by atoms with Crippen molar-refractivity contribution >= 4 is 0 Å². The van der Waals surface area contributed by atoms with E-state index in [1.807, 2.05) is 30.3 Å². The van der Waals surface area contributed by atoms with Gasteiger partial charge in [0, 0.05) is 5.92 Å². The van der Waals surface area contributed by atoms with Crippen LogP contribution in [0.15, 0.2) is 30.3 Å². The highest BCUT2D eigenvalue weighted by atomic mass is 16.3. The summed E-state index contributed by atoms with van der Waals surface area (Å²) in [5.41, 5.74) is 1.05. The van der Waals surface area contributed by atoms with Crippen LogP contribution in [0.3, 0.4) is 0 Å². The Balaban J connectivity index is 1.87. The second kappa shape index (κ2) is 6.18. The molecule has 2 N–H and O–H groups in total. The number of aliphatic hydroxyl groups excluding tert-OH is 1. The van der Waals surface area contributed by atoms with Crippen LogP contribution in [0.1, 0.15) is 37.9 Å². The van der Waals surface area contributed by atoms with Gasteiger partial charge in [-0.3, -0.25) is 0 Å². The Morgan fingerprint density at radius 2 is 2.00 bits per heavy atom. The van der Waals surface area contributed by atoms with Crippen LogP contribution in [0.4, 0.5) is 0 Å². The van der Waals surface area contributed by atoms with E-state index in [1.165, 1.54) is 32.4 Å². The Hall–Kier alpha value is -0.860. The lowest BCUT2D eigenvalue weighted by atomic mass is 10.1. The van der Waals surface area contributed by atoms with Crippen molar-refractivity contribution in [1.82, 2.24) is 0 Å². The highest BCUT2D eigenvalue weighted by Crippen LogP contribution is 2.26. The molecule has 1 aliphatic carbocycles. The fraction of sp³-hybridized carbons (Fsp3) is 0.600. The molecule has 2 rings (SSSR count). The third-order valence-electron chi connectivity index (χ3n) is 3.54. The van der Waals surface area contributed by atoms with Gasteiger partial charge in [-0.15, -0.1) is 0 Å². The third kappa shape index (κ3) is 4.14. The largest absolute Gasteiger partial charge is 0.382 e. The molecule has 1 saturated carbocycles. The highest BCUT2D eigenvalue weighted by molar-refractivity contribution is 5.17. The zero-order valence-electron chi connectivity index (χ0n) is 10.7. The van der Waals surface area contributed by atoms with E-state index in [-0.39, 0.29) is 6.10 Å². The van der Waals surface area contributed by atoms with Crippen LogP contribution in [0.25, 0.3) is 0 Å². The fourth-order valence-electron chi connectivity index (χ4n) is 2.44. The van der Waals surface area contributed by atoms with Gasteiger partial charge in [0.1, 0.15) is 12.6 Å². The van der Waals surface area contributed by atoms with Crippen molar-refractivity contribution in [3.63, 3.8) is 0 Å². The van der Waals surface area contributed by atoms with Gasteiger partial charge in [-0.25, -0.2) is 0 Å². The molecule has 17 heavy (non-hydrogen) atoms. The van der Waals surface area contributed by atoms with E-state index < -0.39 is 0 Å². The van der Waals surface area contributed by atoms with E-state index in [9.17, 15) is 5.11 Å². The van der Waals surface area contributed by atoms with Gasteiger partial charge in [-0.1, -0.05) is 37.3 Å². The maximum Gasteiger partial charge on any atom is 0.128 e. The number of aliphatic hydroxyl groups is 1. The molecular formula is C15H24NO+. The molecular weight excluding hydrogens is 210 g/mol. The zero-order valence-corrected chi connectivity index (χ0v) is 10.7. The summed E-state index contributed by atoms with van der Waals surface area (Å²) in [5.74, 6) is 0.930. The van der Waals surface area contributed by atoms with Crippen LogP contribution in [-0.4, -0.2) is 24.7 Å². The molecule has 1 aliphatic rings. The first-order valence-electron chi connectivity index (χ1n) is 6.86. The molecule has 0 saturated heterocycles. The highest BCUT2D eigenvalue weighted by Gasteiger charge is 2.27. The molecule has 2 nitrogen and oxygen atoms in total. The maximum absolute atomic E-state index is 10.2. The van der Waals surface area contributed by atoms with Crippen LogP contribution in [-0.2, 0) is 0 Å². The van der Waals surface area contributed by atoms with Crippen LogP contribution in [0, 0.1) is 5.92 Å². The summed E-state index contributed by atoms with van der Waals surface area (Å²) in [6.45, 7) is 5.51. The van der Waals surface area contributed by atoms with Gasteiger partial charge < -0.3 is 10.0 Å². The Bertz CT molecular complexity index is 321. The number of benzene rings is 1. The van der Waals surface area contributed by atoms with Crippen molar-refractivity contribution < 1.29 is 10.0 Å². The summed E-state index contributed by atoms with van der Waals surface area (Å²) in [7, 11) is 0. The molecule has 0 amide bonds. The molecule has 0 aromatic heterocycles. The molecule has 0 heterocycles. The summed E-state index contributed by atoms with van der Waals surface area (Å²) in [6.07, 6.45) is 3.68. The normalized spacial score (nSPS) is 18.9. The third-order valence-corrected chi connectivity index (χ3v) is 3.54. The van der Waals surface area contributed by atoms with E-state index in [2.05, 4.69) is 6.92 Å². The summed E-state index contributed by atoms with van der Waals surface area (Å²) in [6, 6.07) is 10.0. The van der Waals surface area contributed by atoms with Crippen molar-refractivity contribution in [2.24, 2.45) is 5.92 Å². The first-order valence-corrected chi connectivity index (χ1v) is 6.86. The SMILES string of the molecule is CCC[NH+](CC1CC1)C[C@@H](O)c1ccccc1. The topological polar surface area (TPSA) is 24.7 Å². The molecule has 94 valence electrons. The second-order valence-corrected chi connectivity index (χ2v) is 5.28. The first kappa shape index (κ1) is 12.6. The second-order valence-electron chi connectivity index (χ2n) is 5.28. The van der Waals surface area contributed by atoms with Crippen molar-refractivity contribution in [2.75, 3.05) is 19.6 Å². The Kier molecular flexibility index (Phi) is 4.57. The molecule has 0 spiro atoms. The lowest BCUT2D eigenvalue weighted by Crippen LogP contribution is -3.12. The number of rotatable bonds is 7. The summed E-state index contributed by atoms with van der Waals surface area (Å²) in [5, 5.41) is 10.2. The lowest BCUT2D eigenvalue weighted by molar-refractivity contribution is -0.905. The van der Waals surface area contributed by atoms with Gasteiger partial charge in [-0.05, 0) is 24.8 Å². The lowest BCUT2D eigenvalue weighted by Gasteiger charge is -2.22. The van der Waals surface area contributed by atoms with Gasteiger partial charge in [-0.2, -0.15) is 0 Å². The van der Waals surface area contributed by atoms with Crippen LogP contribution in [0.2, 0.25) is 0 Å². The Morgan fingerprint density at radius 1 is 1.29 bits per heavy atom. The van der Waals surface area contributed by atoms with Gasteiger partial charge in [0.05, 0.1) is 13.1 Å². The maximum atomic E-state index is 10.2. The standard InChI is InChI=1S/C15H23NO/c1-2-10-16(11-13-8-9-13)12-15(17)14-6-4-3-5-7-14/h3-7,13,15,17H,2,8-12H2,1H3/p+1/t15-/m1/s1. The monoisotopic (exact) mass is 234 g/mol. The molecule has 1 aromatic rings. The molecule has 0 aliphatic heterocycles. The minimum atomic E-state index is -0.309. The van der Waals surface area contributed by atoms with Crippen molar-refractivity contribution in [3.8, 4) is 0 Å². The molecule has 1 fully saturated rings. The number of nitrogens with one attached hydrogen (secondary N) is 1. The van der Waals surface area contributed by atoms with E-state index in [4.69, 9.17) is 0 Å². The smallest absolute Gasteiger partial charge is 0.128 e. The van der Waals surface area contributed by atoms with Crippen LogP contribution < -0.4 is 4.90 Å². The number of hydrogen-bond donors (Lipinski definition) is 2. The molecule has 1 aromatic carbocycles. The van der Waals surface area contributed by atoms with E-state index >= 15 is 0 Å². The summed E-state index contributed by atoms with van der Waals surface area (Å²) >= 11 is 0. The van der Waals surface area contributed by atoms with E-state index in [1.54, 1.807) is 4.90 Å². The number of hydrogen-bond acceptors (Lipinski definition) is 1. The molecule has 1 unspecified atom stereocenters. The van der Waals surface area contributed by atoms with Gasteiger partial charge in [0.25, 0.3) is 0 Å². The van der Waals surface area contributed by atoms with Crippen molar-refractivity contribution in [1.29, 1.82) is 0 Å². The van der Waals surface area contributed by atoms with Crippen molar-refractivity contribution in [2.45, 2.75) is 32.3 Å². The predicted octanol–water partition coefficient (Wildman–Crippen LogP) is 1.42. The minimum absolute atomic E-state index is 0.309. The molecule has 0 bridgehead atoms. The molecule has 2 atom stereocenters. The van der Waals surface area contributed by atoms with E-state index in [0.717, 1.165) is 18.0 Å². The van der Waals surface area contributed by atoms with Gasteiger partial charge >= 0.3 is 0 Å². The predicted molar refractivity (Wildman–Crippen MR) is 70.0 cm³/mol. The minimum Gasteiger partial charge on any atom is -0.382 e. The Morgan fingerprint density at radius 3 is 2.59 bits per heavy atom. The zero-order chi connectivity index (χ0) is 12.1. The van der Waals surface area contributed by atoms with Gasteiger partial charge in [0.2, 0.25) is 0 Å². The Labute approximate surface area is 104 Å².